The second-order valence-corrected chi connectivity index (χ2v) is 9.35. The quantitative estimate of drug-likeness (QED) is 0.310. The number of carbonyl (C=O) groups is 2. The molecule has 6 nitrogen and oxygen atoms in total. The maximum absolute atomic E-state index is 13.2. The van der Waals surface area contributed by atoms with Gasteiger partial charge in [-0.05, 0) is 78.3 Å². The van der Waals surface area contributed by atoms with E-state index in [2.05, 4.69) is 17.2 Å². The van der Waals surface area contributed by atoms with E-state index in [9.17, 15) is 14.7 Å². The number of carbonyl (C=O) groups excluding carboxylic acids is 1. The van der Waals surface area contributed by atoms with E-state index in [0.717, 1.165) is 40.0 Å². The molecule has 0 saturated carbocycles. The third-order valence-electron chi connectivity index (χ3n) is 5.66. The summed E-state index contributed by atoms with van der Waals surface area (Å²) in [6.45, 7) is 4.67. The number of ether oxygens (including phenoxy) is 1. The summed E-state index contributed by atoms with van der Waals surface area (Å²) in [5.41, 5.74) is 4.88. The average molecular weight is 529 g/mol. The number of thioether (sulfide) groups is 1. The fourth-order valence-corrected chi connectivity index (χ4v) is 4.21. The Hall–Kier alpha value is -2.58. The summed E-state index contributed by atoms with van der Waals surface area (Å²) < 4.78 is 5.82. The van der Waals surface area contributed by atoms with Crippen LogP contribution in [-0.4, -0.2) is 76.2 Å². The molecule has 190 valence electrons. The van der Waals surface area contributed by atoms with Crippen molar-refractivity contribution >= 4 is 65.3 Å². The summed E-state index contributed by atoms with van der Waals surface area (Å²) in [5.74, 6) is -0.0286. The minimum atomic E-state index is -1.04. The first-order valence-electron chi connectivity index (χ1n) is 11.9. The van der Waals surface area contributed by atoms with Crippen LogP contribution in [0.2, 0.25) is 0 Å². The van der Waals surface area contributed by atoms with Crippen molar-refractivity contribution in [2.75, 3.05) is 18.6 Å². The van der Waals surface area contributed by atoms with Crippen LogP contribution in [0.1, 0.15) is 46.8 Å². The molecule has 0 radical (unpaired) electrons. The van der Waals surface area contributed by atoms with Crippen LogP contribution in [0.15, 0.2) is 60.9 Å². The molecule has 3 rings (SSSR count). The average Bonchev–Trinajstić information content (AvgIpc) is 2.89. The summed E-state index contributed by atoms with van der Waals surface area (Å²) in [6, 6.07) is 14.3. The van der Waals surface area contributed by atoms with Gasteiger partial charge in [0, 0.05) is 23.5 Å². The molecule has 1 heterocycles. The molecular formula is C29H33N2NaO4S. The van der Waals surface area contributed by atoms with Crippen LogP contribution in [-0.2, 0) is 4.79 Å². The number of aryl methyl sites for hydroxylation is 1. The van der Waals surface area contributed by atoms with Crippen molar-refractivity contribution in [3.63, 3.8) is 0 Å². The van der Waals surface area contributed by atoms with Crippen LogP contribution in [0, 0.1) is 6.92 Å². The van der Waals surface area contributed by atoms with Crippen LogP contribution in [0.25, 0.3) is 23.3 Å². The summed E-state index contributed by atoms with van der Waals surface area (Å²) >= 11 is 1.55. The van der Waals surface area contributed by atoms with Gasteiger partial charge >= 0.3 is 35.5 Å². The molecule has 0 aliphatic heterocycles. The van der Waals surface area contributed by atoms with Crippen molar-refractivity contribution in [1.29, 1.82) is 0 Å². The van der Waals surface area contributed by atoms with Crippen LogP contribution in [0.3, 0.4) is 0 Å². The molecule has 8 heteroatoms. The number of nitrogens with zero attached hydrogens (tertiary/aromatic N) is 1. The topological polar surface area (TPSA) is 88.5 Å². The zero-order valence-electron chi connectivity index (χ0n) is 20.9. The normalized spacial score (nSPS) is 11.5. The fraction of sp³-hybridized carbons (Fsp3) is 0.276. The van der Waals surface area contributed by atoms with E-state index < -0.39 is 17.9 Å². The number of aliphatic carboxylic acids is 1. The van der Waals surface area contributed by atoms with Crippen LogP contribution >= 0.6 is 11.8 Å². The third kappa shape index (κ3) is 8.75. The molecule has 1 atom stereocenters. The molecule has 0 spiro atoms. The number of amides is 1. The number of pyridine rings is 1. The van der Waals surface area contributed by atoms with E-state index in [1.54, 1.807) is 30.2 Å². The Kier molecular flexibility index (Phi) is 12.9. The number of hydrogen-bond acceptors (Lipinski definition) is 5. The summed E-state index contributed by atoms with van der Waals surface area (Å²) in [4.78, 5) is 29.1. The number of carboxylic acids is 1. The monoisotopic (exact) mass is 528 g/mol. The first kappa shape index (κ1) is 30.6. The van der Waals surface area contributed by atoms with E-state index in [4.69, 9.17) is 4.74 Å². The fourth-order valence-electron chi connectivity index (χ4n) is 3.74. The second kappa shape index (κ2) is 15.6. The van der Waals surface area contributed by atoms with Gasteiger partial charge in [-0.15, -0.1) is 0 Å². The number of rotatable bonds is 12. The van der Waals surface area contributed by atoms with Crippen LogP contribution in [0.4, 0.5) is 0 Å². The number of hydrogen-bond donors (Lipinski definition) is 2. The van der Waals surface area contributed by atoms with E-state index in [1.165, 1.54) is 0 Å². The van der Waals surface area contributed by atoms with Gasteiger partial charge in [-0.3, -0.25) is 9.78 Å². The van der Waals surface area contributed by atoms with Crippen molar-refractivity contribution in [1.82, 2.24) is 10.3 Å². The van der Waals surface area contributed by atoms with Crippen molar-refractivity contribution in [2.24, 2.45) is 0 Å². The SMILES string of the molecule is CCCOc1ccncc1C=Cc1ccc(C(=O)N[C@@H](CCSC)C(=O)O)c(-c2ccccc2C)c1.[NaH]. The third-order valence-corrected chi connectivity index (χ3v) is 6.31. The molecule has 3 aromatic rings. The Morgan fingerprint density at radius 2 is 1.92 bits per heavy atom. The van der Waals surface area contributed by atoms with Gasteiger partial charge in [-0.1, -0.05) is 43.3 Å². The molecule has 0 fully saturated rings. The van der Waals surface area contributed by atoms with Gasteiger partial charge < -0.3 is 15.2 Å². The number of aromatic nitrogens is 1. The molecule has 2 N–H and O–H groups in total. The first-order valence-corrected chi connectivity index (χ1v) is 13.3. The predicted octanol–water partition coefficient (Wildman–Crippen LogP) is 5.30. The van der Waals surface area contributed by atoms with Gasteiger partial charge in [-0.2, -0.15) is 11.8 Å². The number of benzene rings is 2. The summed E-state index contributed by atoms with van der Waals surface area (Å²) in [5, 5.41) is 12.3. The predicted molar refractivity (Wildman–Crippen MR) is 155 cm³/mol. The molecular weight excluding hydrogens is 495 g/mol. The minimum absolute atomic E-state index is 0. The van der Waals surface area contributed by atoms with Gasteiger partial charge in [0.25, 0.3) is 5.91 Å². The standard InChI is InChI=1S/C29H32N2O4S.Na.H/c1-4-16-35-27-13-15-30-19-22(27)11-9-21-10-12-24(25(18-21)23-8-6-5-7-20(23)2)28(32)31-26(29(33)34)14-17-36-3;;/h5-13,15,18-19,26H,4,14,16-17H2,1-3H3,(H,31,32)(H,33,34);;/t26-;;/m0../s1. The molecule has 1 amide bonds. The zero-order chi connectivity index (χ0) is 25.9. The summed E-state index contributed by atoms with van der Waals surface area (Å²) in [6.07, 6.45) is 10.5. The molecule has 0 unspecified atom stereocenters. The van der Waals surface area contributed by atoms with Gasteiger partial charge in [-0.25, -0.2) is 4.79 Å². The van der Waals surface area contributed by atoms with Crippen molar-refractivity contribution in [3.8, 4) is 16.9 Å². The Balaban J connectivity index is 0.00000481. The van der Waals surface area contributed by atoms with E-state index in [1.807, 2.05) is 67.8 Å². The number of nitrogens with one attached hydrogen (secondary N) is 1. The molecule has 0 bridgehead atoms. The van der Waals surface area contributed by atoms with E-state index in [0.29, 0.717) is 24.3 Å². The first-order chi connectivity index (χ1) is 17.4. The molecule has 2 aromatic carbocycles. The van der Waals surface area contributed by atoms with Crippen molar-refractivity contribution < 1.29 is 19.4 Å². The molecule has 0 aliphatic carbocycles. The van der Waals surface area contributed by atoms with Crippen molar-refractivity contribution in [3.05, 3.63) is 83.2 Å². The summed E-state index contributed by atoms with van der Waals surface area (Å²) in [7, 11) is 0. The van der Waals surface area contributed by atoms with Gasteiger partial charge in [0.2, 0.25) is 0 Å². The molecule has 37 heavy (non-hydrogen) atoms. The molecule has 0 aliphatic rings. The van der Waals surface area contributed by atoms with Crippen molar-refractivity contribution in [2.45, 2.75) is 32.7 Å². The Morgan fingerprint density at radius 3 is 2.62 bits per heavy atom. The Labute approximate surface area is 245 Å². The van der Waals surface area contributed by atoms with E-state index >= 15 is 0 Å². The zero-order valence-corrected chi connectivity index (χ0v) is 21.7. The molecule has 0 saturated heterocycles. The number of carboxylic acid groups (broad SMARTS) is 1. The van der Waals surface area contributed by atoms with Gasteiger partial charge in [0.1, 0.15) is 11.8 Å². The van der Waals surface area contributed by atoms with E-state index in [-0.39, 0.29) is 29.6 Å². The maximum atomic E-state index is 13.2. The van der Waals surface area contributed by atoms with Gasteiger partial charge in [0.05, 0.1) is 6.61 Å². The Morgan fingerprint density at radius 1 is 1.14 bits per heavy atom. The second-order valence-electron chi connectivity index (χ2n) is 8.36. The van der Waals surface area contributed by atoms with Crippen LogP contribution < -0.4 is 10.1 Å². The molecule has 1 aromatic heterocycles. The van der Waals surface area contributed by atoms with Gasteiger partial charge in [0.15, 0.2) is 0 Å². The Bertz CT molecular complexity index is 1230. The van der Waals surface area contributed by atoms with Crippen LogP contribution in [0.5, 0.6) is 5.75 Å².